The Morgan fingerprint density at radius 3 is 2.39 bits per heavy atom. The van der Waals surface area contributed by atoms with Gasteiger partial charge in [-0.2, -0.15) is 0 Å². The number of carbonyl (C=O) groups excluding carboxylic acids is 1. The summed E-state index contributed by atoms with van der Waals surface area (Å²) >= 11 is 0. The smallest absolute Gasteiger partial charge is 0.274 e. The van der Waals surface area contributed by atoms with Crippen molar-refractivity contribution in [3.05, 3.63) is 53.2 Å². The van der Waals surface area contributed by atoms with E-state index < -0.39 is 0 Å². The van der Waals surface area contributed by atoms with Gasteiger partial charge in [-0.3, -0.25) is 9.69 Å². The summed E-state index contributed by atoms with van der Waals surface area (Å²) in [5.41, 5.74) is 4.66. The van der Waals surface area contributed by atoms with Crippen LogP contribution < -0.4 is 14.8 Å². The molecule has 1 amide bonds. The summed E-state index contributed by atoms with van der Waals surface area (Å²) in [6.45, 7) is 10.8. The summed E-state index contributed by atoms with van der Waals surface area (Å²) in [6.07, 6.45) is 0. The first-order valence-electron chi connectivity index (χ1n) is 12.4. The Balaban J connectivity index is 1.80. The van der Waals surface area contributed by atoms with Crippen LogP contribution in [-0.2, 0) is 11.3 Å². The summed E-state index contributed by atoms with van der Waals surface area (Å²) in [5.74, 6) is 1.73. The van der Waals surface area contributed by atoms with Crippen LogP contribution in [-0.4, -0.2) is 63.0 Å². The van der Waals surface area contributed by atoms with Gasteiger partial charge in [0.05, 0.1) is 38.6 Å². The number of amides is 1. The van der Waals surface area contributed by atoms with Crippen molar-refractivity contribution < 1.29 is 23.5 Å². The first-order chi connectivity index (χ1) is 17.5. The van der Waals surface area contributed by atoms with E-state index in [2.05, 4.69) is 41.4 Å². The van der Waals surface area contributed by atoms with Crippen LogP contribution >= 0.6 is 0 Å². The van der Waals surface area contributed by atoms with E-state index in [1.807, 2.05) is 31.2 Å². The number of ether oxygens (including phenoxy) is 3. The molecule has 0 spiro atoms. The van der Waals surface area contributed by atoms with Crippen molar-refractivity contribution in [2.75, 3.05) is 47.1 Å². The molecule has 3 aromatic rings. The third-order valence-electron chi connectivity index (χ3n) is 6.42. The lowest BCUT2D eigenvalue weighted by Crippen LogP contribution is -2.35. The van der Waals surface area contributed by atoms with Crippen LogP contribution in [0.4, 0.5) is 0 Å². The van der Waals surface area contributed by atoms with Crippen molar-refractivity contribution in [3.8, 4) is 33.9 Å². The lowest BCUT2D eigenvalue weighted by atomic mass is 9.93. The number of nitrogens with zero attached hydrogens (tertiary/aromatic N) is 2. The van der Waals surface area contributed by atoms with Gasteiger partial charge in [0.15, 0.2) is 11.5 Å². The third-order valence-corrected chi connectivity index (χ3v) is 6.42. The second kappa shape index (κ2) is 11.6. The average Bonchev–Trinajstić information content (AvgIpc) is 3.34. The molecule has 1 saturated heterocycles. The Bertz CT molecular complexity index is 1180. The van der Waals surface area contributed by atoms with Crippen LogP contribution in [0.15, 0.2) is 40.9 Å². The Morgan fingerprint density at radius 2 is 1.78 bits per heavy atom. The molecule has 4 rings (SSSR count). The average molecular weight is 494 g/mol. The molecule has 1 aliphatic rings. The molecule has 2 heterocycles. The second-order valence-corrected chi connectivity index (χ2v) is 9.13. The van der Waals surface area contributed by atoms with E-state index >= 15 is 0 Å². The van der Waals surface area contributed by atoms with Crippen LogP contribution in [0.1, 0.15) is 48.3 Å². The molecule has 8 heteroatoms. The number of nitrogens with one attached hydrogen (secondary N) is 1. The predicted octanol–water partition coefficient (Wildman–Crippen LogP) is 4.73. The normalized spacial score (nSPS) is 14.2. The van der Waals surface area contributed by atoms with Gasteiger partial charge < -0.3 is 24.1 Å². The fraction of sp³-hybridized carbons (Fsp3) is 0.429. The van der Waals surface area contributed by atoms with Crippen molar-refractivity contribution in [1.82, 2.24) is 15.4 Å². The van der Waals surface area contributed by atoms with E-state index in [1.165, 1.54) is 5.56 Å². The SMILES string of the molecule is CCNC(=O)c1noc(-c2cc(C(C)C)c(OC)cc2OC)c1-c1ccc(CN2CCOCC2)cc1. The van der Waals surface area contributed by atoms with E-state index in [1.54, 1.807) is 14.2 Å². The van der Waals surface area contributed by atoms with E-state index in [0.29, 0.717) is 23.6 Å². The van der Waals surface area contributed by atoms with Crippen LogP contribution in [0, 0.1) is 0 Å². The molecule has 1 aliphatic heterocycles. The minimum Gasteiger partial charge on any atom is -0.496 e. The van der Waals surface area contributed by atoms with Gasteiger partial charge in [0.2, 0.25) is 0 Å². The summed E-state index contributed by atoms with van der Waals surface area (Å²) < 4.78 is 22.6. The number of morpholine rings is 1. The van der Waals surface area contributed by atoms with E-state index in [0.717, 1.165) is 55.3 Å². The number of methoxy groups -OCH3 is 2. The minimum atomic E-state index is -0.281. The number of carbonyl (C=O) groups is 1. The topological polar surface area (TPSA) is 86.1 Å². The molecule has 8 nitrogen and oxygen atoms in total. The first kappa shape index (κ1) is 25.7. The van der Waals surface area contributed by atoms with Crippen molar-refractivity contribution in [2.24, 2.45) is 0 Å². The zero-order valence-electron chi connectivity index (χ0n) is 21.7. The highest BCUT2D eigenvalue weighted by molar-refractivity contribution is 6.02. The molecule has 0 atom stereocenters. The van der Waals surface area contributed by atoms with Gasteiger partial charge in [0.1, 0.15) is 11.5 Å². The summed E-state index contributed by atoms with van der Waals surface area (Å²) in [7, 11) is 3.25. The van der Waals surface area contributed by atoms with E-state index in [9.17, 15) is 4.79 Å². The second-order valence-electron chi connectivity index (χ2n) is 9.13. The van der Waals surface area contributed by atoms with Crippen LogP contribution in [0.3, 0.4) is 0 Å². The monoisotopic (exact) mass is 493 g/mol. The lowest BCUT2D eigenvalue weighted by molar-refractivity contribution is 0.0342. The van der Waals surface area contributed by atoms with Crippen molar-refractivity contribution in [2.45, 2.75) is 33.2 Å². The number of hydrogen-bond acceptors (Lipinski definition) is 7. The fourth-order valence-corrected chi connectivity index (χ4v) is 4.49. The highest BCUT2D eigenvalue weighted by Gasteiger charge is 2.27. The van der Waals surface area contributed by atoms with Crippen molar-refractivity contribution in [1.29, 1.82) is 0 Å². The van der Waals surface area contributed by atoms with Gasteiger partial charge in [0.25, 0.3) is 5.91 Å². The van der Waals surface area contributed by atoms with Crippen molar-refractivity contribution >= 4 is 5.91 Å². The molecule has 0 saturated carbocycles. The number of hydrogen-bond donors (Lipinski definition) is 1. The summed E-state index contributed by atoms with van der Waals surface area (Å²) in [4.78, 5) is 15.3. The molecule has 0 aliphatic carbocycles. The zero-order valence-corrected chi connectivity index (χ0v) is 21.7. The largest absolute Gasteiger partial charge is 0.496 e. The molecule has 0 bridgehead atoms. The highest BCUT2D eigenvalue weighted by atomic mass is 16.5. The highest BCUT2D eigenvalue weighted by Crippen LogP contribution is 2.43. The standard InChI is InChI=1S/C28H35N3O5/c1-6-29-28(32)26-25(20-9-7-19(8-10-20)17-31-11-13-35-14-12-31)27(36-30-26)22-15-21(18(2)3)23(33-4)16-24(22)34-5/h7-10,15-16,18H,6,11-14,17H2,1-5H3,(H,29,32). The maximum Gasteiger partial charge on any atom is 0.274 e. The first-order valence-corrected chi connectivity index (χ1v) is 12.4. The van der Waals surface area contributed by atoms with Crippen LogP contribution in [0.2, 0.25) is 0 Å². The lowest BCUT2D eigenvalue weighted by Gasteiger charge is -2.26. The minimum absolute atomic E-state index is 0.207. The molecule has 192 valence electrons. The number of benzene rings is 2. The molecule has 1 fully saturated rings. The van der Waals surface area contributed by atoms with E-state index in [-0.39, 0.29) is 17.5 Å². The molecule has 36 heavy (non-hydrogen) atoms. The molecule has 2 aromatic carbocycles. The van der Waals surface area contributed by atoms with Gasteiger partial charge in [-0.05, 0) is 35.6 Å². The van der Waals surface area contributed by atoms with Gasteiger partial charge in [-0.15, -0.1) is 0 Å². The summed E-state index contributed by atoms with van der Waals surface area (Å²) in [5, 5.41) is 7.05. The molecule has 1 N–H and O–H groups in total. The molecule has 1 aromatic heterocycles. The Labute approximate surface area is 212 Å². The summed E-state index contributed by atoms with van der Waals surface area (Å²) in [6, 6.07) is 12.1. The predicted molar refractivity (Wildman–Crippen MR) is 139 cm³/mol. The fourth-order valence-electron chi connectivity index (χ4n) is 4.49. The molecular formula is C28H35N3O5. The molecule has 0 unspecified atom stereocenters. The van der Waals surface area contributed by atoms with Gasteiger partial charge in [-0.1, -0.05) is 43.3 Å². The Hall–Kier alpha value is -3.36. The van der Waals surface area contributed by atoms with Crippen LogP contribution in [0.25, 0.3) is 22.5 Å². The van der Waals surface area contributed by atoms with Crippen LogP contribution in [0.5, 0.6) is 11.5 Å². The van der Waals surface area contributed by atoms with Crippen molar-refractivity contribution in [3.63, 3.8) is 0 Å². The van der Waals surface area contributed by atoms with Gasteiger partial charge >= 0.3 is 0 Å². The van der Waals surface area contributed by atoms with E-state index in [4.69, 9.17) is 18.7 Å². The number of aromatic nitrogens is 1. The number of rotatable bonds is 9. The molecular weight excluding hydrogens is 458 g/mol. The third kappa shape index (κ3) is 5.39. The maximum atomic E-state index is 12.9. The zero-order chi connectivity index (χ0) is 25.7. The Morgan fingerprint density at radius 1 is 1.08 bits per heavy atom. The Kier molecular flexibility index (Phi) is 8.28. The van der Waals surface area contributed by atoms with Gasteiger partial charge in [0, 0.05) is 32.2 Å². The van der Waals surface area contributed by atoms with Gasteiger partial charge in [-0.25, -0.2) is 0 Å². The maximum absolute atomic E-state index is 12.9. The molecule has 0 radical (unpaired) electrons. The quantitative estimate of drug-likeness (QED) is 0.461.